The van der Waals surface area contributed by atoms with Gasteiger partial charge in [-0.15, -0.1) is 11.6 Å². The Kier molecular flexibility index (Phi) is 6.39. The highest BCUT2D eigenvalue weighted by molar-refractivity contribution is 6.17. The van der Waals surface area contributed by atoms with Crippen LogP contribution in [0, 0.1) is 6.92 Å². The normalized spacial score (nSPS) is 10.8. The molecule has 1 aromatic heterocycles. The smallest absolute Gasteiger partial charge is 0.146 e. The fourth-order valence-electron chi connectivity index (χ4n) is 1.11. The molecule has 5 heteroatoms. The first-order chi connectivity index (χ1) is 7.33. The lowest BCUT2D eigenvalue weighted by Crippen LogP contribution is -2.04. The zero-order chi connectivity index (χ0) is 10.9. The second-order valence-corrected chi connectivity index (χ2v) is 3.54. The Labute approximate surface area is 94.5 Å². The van der Waals surface area contributed by atoms with Crippen LogP contribution in [0.15, 0.2) is 10.6 Å². The van der Waals surface area contributed by atoms with Gasteiger partial charge in [-0.3, -0.25) is 0 Å². The molecule has 0 spiro atoms. The van der Waals surface area contributed by atoms with Crippen molar-refractivity contribution in [3.63, 3.8) is 0 Å². The van der Waals surface area contributed by atoms with Crippen molar-refractivity contribution in [2.75, 3.05) is 25.9 Å². The Morgan fingerprint density at radius 1 is 1.40 bits per heavy atom. The molecule has 0 N–H and O–H groups in total. The molecule has 0 aliphatic heterocycles. The number of nitrogens with zero attached hydrogens (tertiary/aromatic N) is 1. The molecule has 15 heavy (non-hydrogen) atoms. The number of aromatic nitrogens is 1. The molecule has 0 saturated heterocycles. The monoisotopic (exact) mass is 233 g/mol. The van der Waals surface area contributed by atoms with Crippen LogP contribution in [0.4, 0.5) is 0 Å². The minimum Gasteiger partial charge on any atom is -0.361 e. The van der Waals surface area contributed by atoms with Crippen LogP contribution >= 0.6 is 11.6 Å². The van der Waals surface area contributed by atoms with Crippen LogP contribution in [-0.4, -0.2) is 31.0 Å². The lowest BCUT2D eigenvalue weighted by molar-refractivity contribution is -0.0493. The lowest BCUT2D eigenvalue weighted by Gasteiger charge is -2.02. The fraction of sp³-hybridized carbons (Fsp3) is 0.700. The predicted molar refractivity (Wildman–Crippen MR) is 57.1 cm³/mol. The van der Waals surface area contributed by atoms with Gasteiger partial charge in [0.05, 0.1) is 12.3 Å². The van der Waals surface area contributed by atoms with Crippen LogP contribution in [0.2, 0.25) is 0 Å². The Morgan fingerprint density at radius 3 is 2.87 bits per heavy atom. The summed E-state index contributed by atoms with van der Waals surface area (Å²) in [6, 6.07) is 1.93. The van der Waals surface area contributed by atoms with Crippen molar-refractivity contribution in [1.82, 2.24) is 5.16 Å². The van der Waals surface area contributed by atoms with Crippen molar-refractivity contribution in [3.8, 4) is 0 Å². The molecule has 1 rings (SSSR count). The first-order valence-corrected chi connectivity index (χ1v) is 5.50. The molecule has 4 nitrogen and oxygen atoms in total. The number of aryl methyl sites for hydroxylation is 2. The summed E-state index contributed by atoms with van der Waals surface area (Å²) in [4.78, 5) is 0. The van der Waals surface area contributed by atoms with Gasteiger partial charge in [0.15, 0.2) is 0 Å². The zero-order valence-corrected chi connectivity index (χ0v) is 9.63. The number of hydrogen-bond acceptors (Lipinski definition) is 4. The van der Waals surface area contributed by atoms with Gasteiger partial charge < -0.3 is 14.0 Å². The van der Waals surface area contributed by atoms with E-state index in [9.17, 15) is 0 Å². The van der Waals surface area contributed by atoms with E-state index in [0.717, 1.165) is 24.3 Å². The van der Waals surface area contributed by atoms with E-state index in [1.807, 2.05) is 13.0 Å². The van der Waals surface area contributed by atoms with E-state index < -0.39 is 0 Å². The third-order valence-electron chi connectivity index (χ3n) is 1.78. The molecule has 0 aliphatic carbocycles. The van der Waals surface area contributed by atoms with Crippen LogP contribution in [0.5, 0.6) is 0 Å². The summed E-state index contributed by atoms with van der Waals surface area (Å²) in [6.07, 6.45) is 1.75. The van der Waals surface area contributed by atoms with Crippen LogP contribution in [-0.2, 0) is 15.9 Å². The molecule has 0 bridgehead atoms. The number of hydrogen-bond donors (Lipinski definition) is 0. The second kappa shape index (κ2) is 7.68. The number of rotatable bonds is 8. The minimum atomic E-state index is 0.308. The highest BCUT2D eigenvalue weighted by atomic mass is 35.5. The molecular weight excluding hydrogens is 218 g/mol. The maximum absolute atomic E-state index is 5.42. The maximum atomic E-state index is 5.42. The van der Waals surface area contributed by atoms with E-state index in [1.165, 1.54) is 0 Å². The third kappa shape index (κ3) is 5.77. The summed E-state index contributed by atoms with van der Waals surface area (Å²) in [5.41, 5.74) is 0.913. The van der Waals surface area contributed by atoms with Gasteiger partial charge >= 0.3 is 0 Å². The molecule has 1 aromatic rings. The first-order valence-electron chi connectivity index (χ1n) is 4.96. The summed E-state index contributed by atoms with van der Waals surface area (Å²) in [5.74, 6) is 1.40. The Bertz CT molecular complexity index is 265. The van der Waals surface area contributed by atoms with E-state index in [0.29, 0.717) is 25.9 Å². The van der Waals surface area contributed by atoms with E-state index in [1.54, 1.807) is 0 Å². The van der Waals surface area contributed by atoms with Crippen LogP contribution in [0.1, 0.15) is 17.9 Å². The average molecular weight is 234 g/mol. The van der Waals surface area contributed by atoms with Gasteiger partial charge in [0, 0.05) is 25.0 Å². The van der Waals surface area contributed by atoms with Crippen molar-refractivity contribution in [1.29, 1.82) is 0 Å². The summed E-state index contributed by atoms with van der Waals surface area (Å²) in [5, 5.41) is 3.80. The molecule has 0 aromatic carbocycles. The SMILES string of the molecule is Cc1cc(CCCOCOCCCl)on1. The Morgan fingerprint density at radius 2 is 2.20 bits per heavy atom. The largest absolute Gasteiger partial charge is 0.361 e. The first kappa shape index (κ1) is 12.5. The fourth-order valence-corrected chi connectivity index (χ4v) is 1.22. The number of ether oxygens (including phenoxy) is 2. The van der Waals surface area contributed by atoms with Gasteiger partial charge in [0.1, 0.15) is 12.6 Å². The van der Waals surface area contributed by atoms with E-state index in [4.69, 9.17) is 25.6 Å². The molecule has 0 amide bonds. The Hall–Kier alpha value is -0.580. The van der Waals surface area contributed by atoms with Crippen LogP contribution in [0.3, 0.4) is 0 Å². The number of halogens is 1. The summed E-state index contributed by atoms with van der Waals surface area (Å²) >= 11 is 5.42. The van der Waals surface area contributed by atoms with E-state index >= 15 is 0 Å². The van der Waals surface area contributed by atoms with E-state index in [2.05, 4.69) is 5.16 Å². The maximum Gasteiger partial charge on any atom is 0.146 e. The molecule has 0 radical (unpaired) electrons. The lowest BCUT2D eigenvalue weighted by atomic mass is 10.2. The van der Waals surface area contributed by atoms with E-state index in [-0.39, 0.29) is 0 Å². The van der Waals surface area contributed by atoms with Crippen molar-refractivity contribution >= 4 is 11.6 Å². The average Bonchev–Trinajstić information content (AvgIpc) is 2.63. The molecule has 0 atom stereocenters. The van der Waals surface area contributed by atoms with Gasteiger partial charge in [-0.25, -0.2) is 0 Å². The highest BCUT2D eigenvalue weighted by Gasteiger charge is 1.99. The van der Waals surface area contributed by atoms with Gasteiger partial charge in [0.2, 0.25) is 0 Å². The van der Waals surface area contributed by atoms with Crippen molar-refractivity contribution in [2.45, 2.75) is 19.8 Å². The molecule has 0 unspecified atom stereocenters. The van der Waals surface area contributed by atoms with Crippen molar-refractivity contribution in [3.05, 3.63) is 17.5 Å². The summed E-state index contributed by atoms with van der Waals surface area (Å²) < 4.78 is 15.3. The standard InChI is InChI=1S/C10H16ClNO3/c1-9-7-10(15-12-9)3-2-5-13-8-14-6-4-11/h7H,2-6,8H2,1H3. The van der Waals surface area contributed by atoms with Gasteiger partial charge in [-0.1, -0.05) is 5.16 Å². The van der Waals surface area contributed by atoms with Gasteiger partial charge in [0.25, 0.3) is 0 Å². The second-order valence-electron chi connectivity index (χ2n) is 3.16. The van der Waals surface area contributed by atoms with Gasteiger partial charge in [-0.2, -0.15) is 0 Å². The molecule has 86 valence electrons. The van der Waals surface area contributed by atoms with Gasteiger partial charge in [-0.05, 0) is 13.3 Å². The molecule has 0 saturated carbocycles. The van der Waals surface area contributed by atoms with Crippen molar-refractivity contribution < 1.29 is 14.0 Å². The zero-order valence-electron chi connectivity index (χ0n) is 8.87. The Balaban J connectivity index is 1.93. The third-order valence-corrected chi connectivity index (χ3v) is 1.93. The van der Waals surface area contributed by atoms with Crippen molar-refractivity contribution in [2.24, 2.45) is 0 Å². The quantitative estimate of drug-likeness (QED) is 0.392. The predicted octanol–water partition coefficient (Wildman–Crippen LogP) is 2.15. The minimum absolute atomic E-state index is 0.308. The van der Waals surface area contributed by atoms with Crippen LogP contribution < -0.4 is 0 Å². The summed E-state index contributed by atoms with van der Waals surface area (Å²) in [6.45, 7) is 3.40. The molecular formula is C10H16ClNO3. The highest BCUT2D eigenvalue weighted by Crippen LogP contribution is 2.04. The summed E-state index contributed by atoms with van der Waals surface area (Å²) in [7, 11) is 0. The molecule has 1 heterocycles. The van der Waals surface area contributed by atoms with Crippen LogP contribution in [0.25, 0.3) is 0 Å². The molecule has 0 aliphatic rings. The number of alkyl halides is 1. The topological polar surface area (TPSA) is 44.5 Å². The molecule has 0 fully saturated rings.